The molecular formula is C12H11FN4O2. The topological polar surface area (TPSA) is 77.0 Å². The number of halogens is 1. The third-order valence-corrected chi connectivity index (χ3v) is 2.25. The van der Waals surface area contributed by atoms with Gasteiger partial charge in [0.25, 0.3) is 5.91 Å². The van der Waals surface area contributed by atoms with Crippen molar-refractivity contribution in [3.05, 3.63) is 41.6 Å². The van der Waals surface area contributed by atoms with Gasteiger partial charge >= 0.3 is 0 Å². The number of carbonyl (C=O) groups is 1. The van der Waals surface area contributed by atoms with Gasteiger partial charge in [-0.2, -0.15) is 9.37 Å². The van der Waals surface area contributed by atoms with Gasteiger partial charge in [-0.1, -0.05) is 0 Å². The number of rotatable bonds is 3. The molecule has 0 saturated heterocycles. The van der Waals surface area contributed by atoms with Crippen molar-refractivity contribution >= 4 is 11.9 Å². The molecular weight excluding hydrogens is 251 g/mol. The van der Waals surface area contributed by atoms with E-state index in [0.717, 1.165) is 6.07 Å². The van der Waals surface area contributed by atoms with Gasteiger partial charge in [0, 0.05) is 29.6 Å². The number of hydrogen-bond acceptors (Lipinski definition) is 5. The van der Waals surface area contributed by atoms with Gasteiger partial charge in [-0.25, -0.2) is 9.97 Å². The molecule has 0 aromatic carbocycles. The van der Waals surface area contributed by atoms with E-state index in [1.54, 1.807) is 13.0 Å². The van der Waals surface area contributed by atoms with Gasteiger partial charge in [0.15, 0.2) is 0 Å². The zero-order valence-electron chi connectivity index (χ0n) is 10.3. The fourth-order valence-electron chi connectivity index (χ4n) is 1.42. The molecule has 98 valence electrons. The average molecular weight is 262 g/mol. The Kier molecular flexibility index (Phi) is 3.65. The largest absolute Gasteiger partial charge is 0.481 e. The summed E-state index contributed by atoms with van der Waals surface area (Å²) in [6, 6.07) is 4.05. The number of nitrogens with one attached hydrogen (secondary N) is 1. The second-order valence-electron chi connectivity index (χ2n) is 3.70. The lowest BCUT2D eigenvalue weighted by Gasteiger charge is -2.06. The number of pyridine rings is 1. The van der Waals surface area contributed by atoms with Gasteiger partial charge in [0.1, 0.15) is 0 Å². The minimum atomic E-state index is -0.726. The molecule has 0 fully saturated rings. The van der Waals surface area contributed by atoms with E-state index in [2.05, 4.69) is 20.3 Å². The summed E-state index contributed by atoms with van der Waals surface area (Å²) in [5, 5.41) is 2.47. The van der Waals surface area contributed by atoms with Crippen LogP contribution in [0.15, 0.2) is 24.4 Å². The second kappa shape index (κ2) is 5.38. The van der Waals surface area contributed by atoms with Crippen molar-refractivity contribution < 1.29 is 13.9 Å². The number of aryl methyl sites for hydroxylation is 1. The number of nitrogens with zero attached hydrogens (tertiary/aromatic N) is 3. The quantitative estimate of drug-likeness (QED) is 0.850. The fourth-order valence-corrected chi connectivity index (χ4v) is 1.42. The maximum atomic E-state index is 12.9. The summed E-state index contributed by atoms with van der Waals surface area (Å²) in [5.74, 6) is -0.813. The minimum Gasteiger partial charge on any atom is -0.481 e. The molecule has 2 rings (SSSR count). The van der Waals surface area contributed by atoms with E-state index in [1.807, 2.05) is 0 Å². The Balaban J connectivity index is 2.21. The first-order valence-electron chi connectivity index (χ1n) is 5.41. The van der Waals surface area contributed by atoms with Gasteiger partial charge in [-0.05, 0) is 13.0 Å². The van der Waals surface area contributed by atoms with Crippen LogP contribution in [0, 0.1) is 12.9 Å². The molecule has 1 amide bonds. The van der Waals surface area contributed by atoms with Crippen molar-refractivity contribution in [1.29, 1.82) is 0 Å². The van der Waals surface area contributed by atoms with Gasteiger partial charge in [-0.15, -0.1) is 0 Å². The smallest absolute Gasteiger partial charge is 0.258 e. The number of amides is 1. The molecule has 2 aromatic heterocycles. The van der Waals surface area contributed by atoms with Crippen molar-refractivity contribution in [1.82, 2.24) is 15.0 Å². The molecule has 0 saturated carbocycles. The molecule has 0 atom stereocenters. The first-order valence-corrected chi connectivity index (χ1v) is 5.41. The number of anilines is 1. The van der Waals surface area contributed by atoms with Crippen LogP contribution in [0.1, 0.15) is 16.1 Å². The number of ether oxygens (including phenoxy) is 1. The van der Waals surface area contributed by atoms with Crippen LogP contribution < -0.4 is 10.1 Å². The zero-order valence-corrected chi connectivity index (χ0v) is 10.3. The molecule has 0 unspecified atom stereocenters. The van der Waals surface area contributed by atoms with E-state index in [9.17, 15) is 9.18 Å². The van der Waals surface area contributed by atoms with Crippen LogP contribution in [0.4, 0.5) is 10.3 Å². The molecule has 2 aromatic rings. The van der Waals surface area contributed by atoms with Crippen molar-refractivity contribution in [3.63, 3.8) is 0 Å². The SMILES string of the molecule is COc1cc(C)nc(NC(=O)c2ccnc(F)c2)n1. The summed E-state index contributed by atoms with van der Waals surface area (Å²) >= 11 is 0. The Bertz CT molecular complexity index is 618. The summed E-state index contributed by atoms with van der Waals surface area (Å²) in [4.78, 5) is 23.2. The second-order valence-corrected chi connectivity index (χ2v) is 3.70. The van der Waals surface area contributed by atoms with E-state index in [4.69, 9.17) is 4.74 Å². The predicted molar refractivity (Wildman–Crippen MR) is 65.5 cm³/mol. The van der Waals surface area contributed by atoms with Crippen LogP contribution >= 0.6 is 0 Å². The molecule has 0 radical (unpaired) electrons. The highest BCUT2D eigenvalue weighted by Gasteiger charge is 2.10. The van der Waals surface area contributed by atoms with Gasteiger partial charge in [0.2, 0.25) is 17.8 Å². The molecule has 2 heterocycles. The summed E-state index contributed by atoms with van der Waals surface area (Å²) in [5.41, 5.74) is 0.777. The summed E-state index contributed by atoms with van der Waals surface area (Å²) in [6.45, 7) is 1.74. The van der Waals surface area contributed by atoms with E-state index in [1.165, 1.54) is 19.4 Å². The average Bonchev–Trinajstić information content (AvgIpc) is 2.38. The van der Waals surface area contributed by atoms with E-state index < -0.39 is 11.9 Å². The zero-order chi connectivity index (χ0) is 13.8. The summed E-state index contributed by atoms with van der Waals surface area (Å²) in [6.07, 6.45) is 1.21. The number of hydrogen-bond donors (Lipinski definition) is 1. The Hall–Kier alpha value is -2.57. The molecule has 0 aliphatic carbocycles. The Morgan fingerprint density at radius 1 is 1.37 bits per heavy atom. The third-order valence-electron chi connectivity index (χ3n) is 2.25. The lowest BCUT2D eigenvalue weighted by molar-refractivity contribution is 0.102. The molecule has 0 spiro atoms. The van der Waals surface area contributed by atoms with E-state index in [-0.39, 0.29) is 11.5 Å². The molecule has 6 nitrogen and oxygen atoms in total. The molecule has 7 heteroatoms. The lowest BCUT2D eigenvalue weighted by atomic mass is 10.2. The molecule has 19 heavy (non-hydrogen) atoms. The Morgan fingerprint density at radius 2 is 2.16 bits per heavy atom. The van der Waals surface area contributed by atoms with E-state index in [0.29, 0.717) is 11.6 Å². The predicted octanol–water partition coefficient (Wildman–Crippen LogP) is 1.58. The van der Waals surface area contributed by atoms with Crippen LogP contribution in [-0.2, 0) is 0 Å². The van der Waals surface area contributed by atoms with Gasteiger partial charge in [0.05, 0.1) is 7.11 Å². The van der Waals surface area contributed by atoms with E-state index >= 15 is 0 Å². The molecule has 0 bridgehead atoms. The molecule has 0 aliphatic rings. The summed E-state index contributed by atoms with van der Waals surface area (Å²) < 4.78 is 17.9. The monoisotopic (exact) mass is 262 g/mol. The molecule has 0 aliphatic heterocycles. The van der Waals surface area contributed by atoms with Gasteiger partial charge in [-0.3, -0.25) is 10.1 Å². The first-order chi connectivity index (χ1) is 9.08. The number of carbonyl (C=O) groups excluding carboxylic acids is 1. The maximum Gasteiger partial charge on any atom is 0.258 e. The van der Waals surface area contributed by atoms with Crippen LogP contribution in [0.5, 0.6) is 5.88 Å². The number of methoxy groups -OCH3 is 1. The normalized spacial score (nSPS) is 10.1. The van der Waals surface area contributed by atoms with Gasteiger partial charge < -0.3 is 4.74 Å². The minimum absolute atomic E-state index is 0.0964. The highest BCUT2D eigenvalue weighted by Crippen LogP contribution is 2.12. The maximum absolute atomic E-state index is 12.9. The van der Waals surface area contributed by atoms with Crippen molar-refractivity contribution in [2.24, 2.45) is 0 Å². The van der Waals surface area contributed by atoms with Crippen molar-refractivity contribution in [2.75, 3.05) is 12.4 Å². The van der Waals surface area contributed by atoms with Crippen LogP contribution in [-0.4, -0.2) is 28.0 Å². The summed E-state index contributed by atoms with van der Waals surface area (Å²) in [7, 11) is 1.46. The standard InChI is InChI=1S/C12H11FN4O2/c1-7-5-10(19-2)16-12(15-7)17-11(18)8-3-4-14-9(13)6-8/h3-6H,1-2H3,(H,15,16,17,18). The highest BCUT2D eigenvalue weighted by molar-refractivity contribution is 6.03. The first kappa shape index (κ1) is 12.9. The molecule has 1 N–H and O–H groups in total. The fraction of sp³-hybridized carbons (Fsp3) is 0.167. The van der Waals surface area contributed by atoms with Crippen LogP contribution in [0.25, 0.3) is 0 Å². The lowest BCUT2D eigenvalue weighted by Crippen LogP contribution is -2.15. The van der Waals surface area contributed by atoms with Crippen LogP contribution in [0.3, 0.4) is 0 Å². The Labute approximate surface area is 108 Å². The number of aromatic nitrogens is 3. The highest BCUT2D eigenvalue weighted by atomic mass is 19.1. The third kappa shape index (κ3) is 3.21. The van der Waals surface area contributed by atoms with Crippen molar-refractivity contribution in [3.8, 4) is 5.88 Å². The van der Waals surface area contributed by atoms with Crippen LogP contribution in [0.2, 0.25) is 0 Å². The Morgan fingerprint density at radius 3 is 2.84 bits per heavy atom. The van der Waals surface area contributed by atoms with Crippen molar-refractivity contribution in [2.45, 2.75) is 6.92 Å².